The molecule has 0 radical (unpaired) electrons. The van der Waals surface area contributed by atoms with Gasteiger partial charge in [-0.2, -0.15) is 0 Å². The van der Waals surface area contributed by atoms with Crippen molar-refractivity contribution < 1.29 is 38.1 Å². The summed E-state index contributed by atoms with van der Waals surface area (Å²) in [5.41, 5.74) is -0.760. The molecule has 5 atom stereocenters. The van der Waals surface area contributed by atoms with Crippen molar-refractivity contribution in [2.75, 3.05) is 13.2 Å². The Bertz CT molecular complexity index is 706. The first-order valence-corrected chi connectivity index (χ1v) is 10.6. The number of ether oxygens (including phenoxy) is 5. The summed E-state index contributed by atoms with van der Waals surface area (Å²) in [7, 11) is 0. The van der Waals surface area contributed by atoms with Gasteiger partial charge in [-0.1, -0.05) is 27.7 Å². The highest BCUT2D eigenvalue weighted by Gasteiger charge is 2.71. The van der Waals surface area contributed by atoms with Crippen LogP contribution in [-0.4, -0.2) is 48.9 Å². The van der Waals surface area contributed by atoms with Gasteiger partial charge in [-0.25, -0.2) is 0 Å². The van der Waals surface area contributed by atoms with Crippen LogP contribution < -0.4 is 0 Å². The lowest BCUT2D eigenvalue weighted by atomic mass is 9.86. The summed E-state index contributed by atoms with van der Waals surface area (Å²) >= 11 is 0. The van der Waals surface area contributed by atoms with Gasteiger partial charge < -0.3 is 23.7 Å². The highest BCUT2D eigenvalue weighted by atomic mass is 16.7. The number of Topliss-reactive ketones (excluding diaryl/α,β-unsaturated/α-hetero) is 1. The molecule has 0 aromatic heterocycles. The van der Waals surface area contributed by atoms with Crippen LogP contribution in [0, 0.1) is 23.7 Å². The highest BCUT2D eigenvalue weighted by molar-refractivity contribution is 5.79. The molecular weight excluding hydrogens is 392 g/mol. The minimum Gasteiger partial charge on any atom is -0.487 e. The first-order chi connectivity index (χ1) is 14.1. The fourth-order valence-electron chi connectivity index (χ4n) is 4.39. The summed E-state index contributed by atoms with van der Waals surface area (Å²) in [5, 5.41) is 0. The third kappa shape index (κ3) is 4.96. The van der Waals surface area contributed by atoms with Gasteiger partial charge in [0.25, 0.3) is 0 Å². The molecule has 0 aromatic rings. The van der Waals surface area contributed by atoms with Gasteiger partial charge in [0.2, 0.25) is 6.29 Å². The van der Waals surface area contributed by atoms with Crippen LogP contribution in [0.2, 0.25) is 0 Å². The van der Waals surface area contributed by atoms with Gasteiger partial charge in [-0.15, -0.1) is 0 Å². The van der Waals surface area contributed by atoms with Crippen LogP contribution in [0.1, 0.15) is 53.9 Å². The molecule has 5 unspecified atom stereocenters. The molecule has 3 aliphatic rings. The topological polar surface area (TPSA) is 101 Å². The van der Waals surface area contributed by atoms with Crippen LogP contribution in [0.5, 0.6) is 0 Å². The Morgan fingerprint density at radius 3 is 2.37 bits per heavy atom. The maximum atomic E-state index is 12.3. The van der Waals surface area contributed by atoms with Gasteiger partial charge in [-0.05, 0) is 18.3 Å². The minimum absolute atomic E-state index is 0.000136. The summed E-state index contributed by atoms with van der Waals surface area (Å²) in [6.07, 6.45) is 1.23. The Morgan fingerprint density at radius 2 is 1.80 bits per heavy atom. The molecule has 1 spiro atoms. The standard InChI is InChI=1S/C22H32O8/c1-12(2)6-15(24)9-26-17-10-27-21(30-19(25)7-13(3)4)20-16(17)8-18(29-14(5)23)22(20)11-28-22/h10,12-13,16,18,20-21H,6-9,11H2,1-5H3. The highest BCUT2D eigenvalue weighted by Crippen LogP contribution is 2.58. The predicted molar refractivity (Wildman–Crippen MR) is 105 cm³/mol. The molecule has 2 heterocycles. The van der Waals surface area contributed by atoms with Crippen LogP contribution >= 0.6 is 0 Å². The Balaban J connectivity index is 1.77. The zero-order valence-electron chi connectivity index (χ0n) is 18.3. The molecule has 0 aromatic carbocycles. The van der Waals surface area contributed by atoms with Crippen LogP contribution in [0.15, 0.2) is 12.0 Å². The molecule has 1 saturated carbocycles. The number of allylic oxidation sites excluding steroid dienone is 1. The largest absolute Gasteiger partial charge is 0.487 e. The molecule has 1 aliphatic carbocycles. The summed E-state index contributed by atoms with van der Waals surface area (Å²) in [5.74, 6) is -0.475. The molecule has 0 N–H and O–H groups in total. The van der Waals surface area contributed by atoms with E-state index in [0.717, 1.165) is 0 Å². The summed E-state index contributed by atoms with van der Waals surface area (Å²) in [4.78, 5) is 36.0. The van der Waals surface area contributed by atoms with Crippen molar-refractivity contribution in [2.24, 2.45) is 23.7 Å². The van der Waals surface area contributed by atoms with E-state index in [-0.39, 0.29) is 48.5 Å². The number of rotatable bonds is 9. The lowest BCUT2D eigenvalue weighted by Crippen LogP contribution is -2.45. The van der Waals surface area contributed by atoms with Gasteiger partial charge in [0.15, 0.2) is 5.78 Å². The van der Waals surface area contributed by atoms with Crippen molar-refractivity contribution in [3.05, 3.63) is 12.0 Å². The fourth-order valence-corrected chi connectivity index (χ4v) is 4.39. The zero-order chi connectivity index (χ0) is 22.1. The van der Waals surface area contributed by atoms with Gasteiger partial charge in [-0.3, -0.25) is 14.4 Å². The number of hydrogen-bond donors (Lipinski definition) is 0. The second kappa shape index (κ2) is 8.96. The maximum absolute atomic E-state index is 12.3. The number of carbonyl (C=O) groups is 3. The van der Waals surface area contributed by atoms with Gasteiger partial charge in [0, 0.05) is 25.7 Å². The van der Waals surface area contributed by atoms with Gasteiger partial charge >= 0.3 is 11.9 Å². The molecule has 0 amide bonds. The smallest absolute Gasteiger partial charge is 0.309 e. The second-order valence-electron chi connectivity index (χ2n) is 9.25. The molecule has 2 fully saturated rings. The molecule has 1 saturated heterocycles. The first kappa shape index (κ1) is 22.6. The molecule has 8 heteroatoms. The lowest BCUT2D eigenvalue weighted by molar-refractivity contribution is -0.195. The van der Waals surface area contributed by atoms with Crippen molar-refractivity contribution >= 4 is 17.7 Å². The number of epoxide rings is 1. The van der Waals surface area contributed by atoms with E-state index < -0.39 is 24.0 Å². The number of esters is 2. The average Bonchev–Trinajstić information content (AvgIpc) is 3.33. The van der Waals surface area contributed by atoms with Crippen molar-refractivity contribution in [2.45, 2.75) is 71.9 Å². The third-order valence-corrected chi connectivity index (χ3v) is 5.63. The molecule has 0 bridgehead atoms. The Hall–Kier alpha value is -2.09. The van der Waals surface area contributed by atoms with Gasteiger partial charge in [0.1, 0.15) is 30.3 Å². The molecule has 30 heavy (non-hydrogen) atoms. The first-order valence-electron chi connectivity index (χ1n) is 10.6. The minimum atomic E-state index is -0.858. The zero-order valence-corrected chi connectivity index (χ0v) is 18.3. The third-order valence-electron chi connectivity index (χ3n) is 5.63. The molecule has 8 nitrogen and oxygen atoms in total. The van der Waals surface area contributed by atoms with Crippen molar-refractivity contribution in [1.82, 2.24) is 0 Å². The average molecular weight is 424 g/mol. The van der Waals surface area contributed by atoms with E-state index in [4.69, 9.17) is 23.7 Å². The fraction of sp³-hybridized carbons (Fsp3) is 0.773. The van der Waals surface area contributed by atoms with Crippen LogP contribution in [0.3, 0.4) is 0 Å². The van der Waals surface area contributed by atoms with Crippen LogP contribution in [0.25, 0.3) is 0 Å². The number of ketones is 1. The van der Waals surface area contributed by atoms with Crippen molar-refractivity contribution in [3.8, 4) is 0 Å². The van der Waals surface area contributed by atoms with E-state index in [1.165, 1.54) is 13.2 Å². The lowest BCUT2D eigenvalue weighted by Gasteiger charge is -2.34. The Kier molecular flexibility index (Phi) is 6.75. The Labute approximate surface area is 177 Å². The number of fused-ring (bicyclic) bond motifs is 2. The second-order valence-corrected chi connectivity index (χ2v) is 9.25. The maximum Gasteiger partial charge on any atom is 0.309 e. The summed E-state index contributed by atoms with van der Waals surface area (Å²) in [6.45, 7) is 9.50. The van der Waals surface area contributed by atoms with Crippen molar-refractivity contribution in [1.29, 1.82) is 0 Å². The summed E-state index contributed by atoms with van der Waals surface area (Å²) in [6, 6.07) is 0. The molecule has 3 rings (SSSR count). The normalized spacial score (nSPS) is 31.8. The Morgan fingerprint density at radius 1 is 1.13 bits per heavy atom. The van der Waals surface area contributed by atoms with Crippen molar-refractivity contribution in [3.63, 3.8) is 0 Å². The SMILES string of the molecule is CC(=O)OC1CC2C(OCC(=O)CC(C)C)=COC(OC(=O)CC(C)C)C2C12CO2. The quantitative estimate of drug-likeness (QED) is 0.411. The van der Waals surface area contributed by atoms with E-state index in [1.807, 2.05) is 27.7 Å². The molecule has 168 valence electrons. The predicted octanol–water partition coefficient (Wildman–Crippen LogP) is 2.74. The van der Waals surface area contributed by atoms with Crippen LogP contribution in [0.4, 0.5) is 0 Å². The number of hydrogen-bond acceptors (Lipinski definition) is 8. The van der Waals surface area contributed by atoms with Gasteiger partial charge in [0.05, 0.1) is 12.5 Å². The van der Waals surface area contributed by atoms with Crippen LogP contribution in [-0.2, 0) is 38.1 Å². The van der Waals surface area contributed by atoms with E-state index >= 15 is 0 Å². The summed E-state index contributed by atoms with van der Waals surface area (Å²) < 4.78 is 28.4. The van der Waals surface area contributed by atoms with E-state index in [2.05, 4.69) is 0 Å². The molecular formula is C22H32O8. The monoisotopic (exact) mass is 424 g/mol. The number of carbonyl (C=O) groups excluding carboxylic acids is 3. The van der Waals surface area contributed by atoms with E-state index in [9.17, 15) is 14.4 Å². The molecule has 2 aliphatic heterocycles. The van der Waals surface area contributed by atoms with E-state index in [1.54, 1.807) is 0 Å². The van der Waals surface area contributed by atoms with E-state index in [0.29, 0.717) is 25.2 Å².